The van der Waals surface area contributed by atoms with Crippen molar-refractivity contribution in [2.45, 2.75) is 26.8 Å². The quantitative estimate of drug-likeness (QED) is 0.859. The van der Waals surface area contributed by atoms with Crippen LogP contribution < -0.4 is 5.32 Å². The van der Waals surface area contributed by atoms with Gasteiger partial charge in [-0.1, -0.05) is 18.5 Å². The molecule has 2 aromatic rings. The van der Waals surface area contributed by atoms with Crippen LogP contribution in [0.2, 0.25) is 5.15 Å². The summed E-state index contributed by atoms with van der Waals surface area (Å²) in [5, 5.41) is 5.86. The van der Waals surface area contributed by atoms with Gasteiger partial charge in [0.25, 0.3) is 0 Å². The molecule has 0 saturated heterocycles. The molecule has 0 fully saturated rings. The summed E-state index contributed by atoms with van der Waals surface area (Å²) in [7, 11) is 0. The Morgan fingerprint density at radius 3 is 2.88 bits per heavy atom. The molecule has 0 amide bonds. The summed E-state index contributed by atoms with van der Waals surface area (Å²) >= 11 is 7.68. The highest BCUT2D eigenvalue weighted by Gasteiger charge is 2.03. The van der Waals surface area contributed by atoms with Gasteiger partial charge in [-0.25, -0.2) is 9.97 Å². The maximum atomic E-state index is 5.93. The zero-order valence-electron chi connectivity index (χ0n) is 9.83. The van der Waals surface area contributed by atoms with Crippen molar-refractivity contribution >= 4 is 28.8 Å². The van der Waals surface area contributed by atoms with E-state index in [4.69, 9.17) is 11.6 Å². The minimum absolute atomic E-state index is 0.488. The number of hydrogen-bond acceptors (Lipinski definition) is 4. The van der Waals surface area contributed by atoms with Crippen LogP contribution in [-0.2, 0) is 13.0 Å². The second kappa shape index (κ2) is 5.47. The average molecular weight is 268 g/mol. The third-order valence-electron chi connectivity index (χ3n) is 2.46. The smallest absolute Gasteiger partial charge is 0.134 e. The number of aryl methyl sites for hydroxylation is 2. The molecule has 90 valence electrons. The minimum atomic E-state index is 0.488. The summed E-state index contributed by atoms with van der Waals surface area (Å²) < 4.78 is 0. The van der Waals surface area contributed by atoms with E-state index in [1.807, 2.05) is 6.92 Å². The Kier molecular flexibility index (Phi) is 3.97. The van der Waals surface area contributed by atoms with Gasteiger partial charge in [-0.05, 0) is 23.9 Å². The van der Waals surface area contributed by atoms with Crippen LogP contribution in [-0.4, -0.2) is 9.97 Å². The molecule has 0 aliphatic heterocycles. The number of nitrogens with one attached hydrogen (secondary N) is 1. The van der Waals surface area contributed by atoms with Crippen LogP contribution >= 0.6 is 22.9 Å². The Morgan fingerprint density at radius 2 is 2.24 bits per heavy atom. The molecular formula is C12H14ClN3S. The molecule has 2 heterocycles. The fourth-order valence-electron chi connectivity index (χ4n) is 1.47. The topological polar surface area (TPSA) is 37.8 Å². The molecule has 3 nitrogen and oxygen atoms in total. The first-order valence-corrected chi connectivity index (χ1v) is 6.75. The van der Waals surface area contributed by atoms with E-state index in [9.17, 15) is 0 Å². The lowest BCUT2D eigenvalue weighted by Gasteiger charge is -2.06. The number of hydrogen-bond donors (Lipinski definition) is 1. The molecular weight excluding hydrogens is 254 g/mol. The lowest BCUT2D eigenvalue weighted by atomic mass is 10.3. The van der Waals surface area contributed by atoms with E-state index in [1.165, 1.54) is 10.4 Å². The summed E-state index contributed by atoms with van der Waals surface area (Å²) in [4.78, 5) is 9.83. The molecule has 0 aliphatic rings. The van der Waals surface area contributed by atoms with Crippen LogP contribution in [0.5, 0.6) is 0 Å². The Balaban J connectivity index is 2.09. The van der Waals surface area contributed by atoms with E-state index in [1.54, 1.807) is 17.4 Å². The van der Waals surface area contributed by atoms with Crippen LogP contribution in [0.15, 0.2) is 17.5 Å². The molecule has 2 rings (SSSR count). The van der Waals surface area contributed by atoms with Crippen molar-refractivity contribution in [3.8, 4) is 0 Å². The number of thiophene rings is 1. The van der Waals surface area contributed by atoms with E-state index in [0.29, 0.717) is 5.15 Å². The zero-order chi connectivity index (χ0) is 12.3. The first-order valence-electron chi connectivity index (χ1n) is 5.49. The van der Waals surface area contributed by atoms with Crippen molar-refractivity contribution in [2.24, 2.45) is 0 Å². The van der Waals surface area contributed by atoms with Crippen molar-refractivity contribution in [1.82, 2.24) is 9.97 Å². The molecule has 0 bridgehead atoms. The van der Waals surface area contributed by atoms with Gasteiger partial charge in [-0.15, -0.1) is 11.3 Å². The predicted molar refractivity (Wildman–Crippen MR) is 72.8 cm³/mol. The van der Waals surface area contributed by atoms with E-state index < -0.39 is 0 Å². The van der Waals surface area contributed by atoms with E-state index >= 15 is 0 Å². The normalized spacial score (nSPS) is 10.5. The second-order valence-electron chi connectivity index (χ2n) is 3.73. The highest BCUT2D eigenvalue weighted by molar-refractivity contribution is 7.10. The van der Waals surface area contributed by atoms with Gasteiger partial charge in [0.1, 0.15) is 16.8 Å². The van der Waals surface area contributed by atoms with Gasteiger partial charge < -0.3 is 5.32 Å². The van der Waals surface area contributed by atoms with Crippen LogP contribution in [0.25, 0.3) is 0 Å². The summed E-state index contributed by atoms with van der Waals surface area (Å²) in [6, 6.07) is 3.87. The van der Waals surface area contributed by atoms with Crippen LogP contribution in [0.4, 0.5) is 5.82 Å². The Hall–Kier alpha value is -1.13. The molecule has 2 aromatic heterocycles. The van der Waals surface area contributed by atoms with Crippen molar-refractivity contribution in [2.75, 3.05) is 5.32 Å². The summed E-state index contributed by atoms with van der Waals surface area (Å²) in [6.45, 7) is 4.90. The van der Waals surface area contributed by atoms with Gasteiger partial charge in [0.2, 0.25) is 0 Å². The first-order chi connectivity index (χ1) is 8.19. The van der Waals surface area contributed by atoms with Crippen molar-refractivity contribution in [1.29, 1.82) is 0 Å². The summed E-state index contributed by atoms with van der Waals surface area (Å²) in [5.41, 5.74) is 1.30. The standard InChI is InChI=1S/C12H14ClN3S/c1-3-11-15-10(13)6-12(16-11)14-7-9-8(2)4-5-17-9/h4-6H,3,7H2,1-2H3,(H,14,15,16). The fraction of sp³-hybridized carbons (Fsp3) is 0.333. The Bertz CT molecular complexity index is 510. The predicted octanol–water partition coefficient (Wildman–Crippen LogP) is 3.67. The van der Waals surface area contributed by atoms with Crippen LogP contribution in [0.1, 0.15) is 23.2 Å². The average Bonchev–Trinajstić information content (AvgIpc) is 2.71. The third kappa shape index (κ3) is 3.17. The van der Waals surface area contributed by atoms with Gasteiger partial charge >= 0.3 is 0 Å². The molecule has 0 saturated carbocycles. The zero-order valence-corrected chi connectivity index (χ0v) is 11.4. The highest BCUT2D eigenvalue weighted by Crippen LogP contribution is 2.18. The number of aromatic nitrogens is 2. The maximum Gasteiger partial charge on any atom is 0.134 e. The van der Waals surface area contributed by atoms with Gasteiger partial charge in [-0.3, -0.25) is 0 Å². The van der Waals surface area contributed by atoms with Crippen molar-refractivity contribution < 1.29 is 0 Å². The maximum absolute atomic E-state index is 5.93. The first kappa shape index (κ1) is 12.3. The van der Waals surface area contributed by atoms with E-state index in [2.05, 4.69) is 33.7 Å². The number of anilines is 1. The second-order valence-corrected chi connectivity index (χ2v) is 5.11. The Morgan fingerprint density at radius 1 is 1.41 bits per heavy atom. The SMILES string of the molecule is CCc1nc(Cl)cc(NCc2sccc2C)n1. The van der Waals surface area contributed by atoms with Crippen molar-refractivity contribution in [3.63, 3.8) is 0 Å². The molecule has 0 spiro atoms. The molecule has 0 aromatic carbocycles. The van der Waals surface area contributed by atoms with Gasteiger partial charge in [0, 0.05) is 17.4 Å². The lowest BCUT2D eigenvalue weighted by molar-refractivity contribution is 0.934. The molecule has 0 atom stereocenters. The summed E-state index contributed by atoms with van der Waals surface area (Å²) in [6.07, 6.45) is 0.785. The lowest BCUT2D eigenvalue weighted by Crippen LogP contribution is -2.04. The van der Waals surface area contributed by atoms with Crippen LogP contribution in [0, 0.1) is 6.92 Å². The Labute approximate surface area is 110 Å². The van der Waals surface area contributed by atoms with Gasteiger partial charge in [-0.2, -0.15) is 0 Å². The molecule has 1 N–H and O–H groups in total. The molecule has 17 heavy (non-hydrogen) atoms. The van der Waals surface area contributed by atoms with E-state index in [0.717, 1.165) is 24.6 Å². The largest absolute Gasteiger partial charge is 0.365 e. The van der Waals surface area contributed by atoms with Gasteiger partial charge in [0.05, 0.1) is 6.54 Å². The minimum Gasteiger partial charge on any atom is -0.365 e. The fourth-order valence-corrected chi connectivity index (χ4v) is 2.52. The molecule has 0 radical (unpaired) electrons. The molecule has 0 aliphatic carbocycles. The third-order valence-corrected chi connectivity index (χ3v) is 3.67. The number of nitrogens with zero attached hydrogens (tertiary/aromatic N) is 2. The van der Waals surface area contributed by atoms with Crippen LogP contribution in [0.3, 0.4) is 0 Å². The highest BCUT2D eigenvalue weighted by atomic mass is 35.5. The summed E-state index contributed by atoms with van der Waals surface area (Å²) in [5.74, 6) is 1.55. The number of halogens is 1. The monoisotopic (exact) mass is 267 g/mol. The van der Waals surface area contributed by atoms with Gasteiger partial charge in [0.15, 0.2) is 0 Å². The van der Waals surface area contributed by atoms with Crippen molar-refractivity contribution in [3.05, 3.63) is 38.9 Å². The number of rotatable bonds is 4. The molecule has 5 heteroatoms. The van der Waals surface area contributed by atoms with E-state index in [-0.39, 0.29) is 0 Å². The molecule has 0 unspecified atom stereocenters.